The third kappa shape index (κ3) is 5.05. The molecule has 0 saturated carbocycles. The van der Waals surface area contributed by atoms with Crippen molar-refractivity contribution in [2.24, 2.45) is 0 Å². The first-order valence-electron chi connectivity index (χ1n) is 6.07. The molecule has 0 aromatic heterocycles. The molecule has 0 aliphatic heterocycles. The van der Waals surface area contributed by atoms with Crippen LogP contribution < -0.4 is 10.6 Å². The third-order valence-electron chi connectivity index (χ3n) is 2.47. The van der Waals surface area contributed by atoms with Crippen molar-refractivity contribution >= 4 is 28.9 Å². The van der Waals surface area contributed by atoms with Gasteiger partial charge in [0.05, 0.1) is 22.2 Å². The molecule has 0 bridgehead atoms. The average Bonchev–Trinajstić information content (AvgIpc) is 2.49. The van der Waals surface area contributed by atoms with Gasteiger partial charge in [-0.15, -0.1) is 0 Å². The van der Waals surface area contributed by atoms with Crippen molar-refractivity contribution in [3.63, 3.8) is 0 Å². The molecular weight excluding hydrogens is 312 g/mol. The number of carbonyl (C=O) groups is 1. The molecule has 2 N–H and O–H groups in total. The number of non-ortho nitro benzene ring substituents is 1. The zero-order valence-electron chi connectivity index (χ0n) is 11.6. The van der Waals surface area contributed by atoms with Gasteiger partial charge in [0.1, 0.15) is 11.6 Å². The standard InChI is InChI=1S/C13H13ClN4O4/c1-22-5-4-16-8-9(7-15)13(19)17-12-6-10(18(20)21)2-3-11(12)14/h2-3,6,8,16H,4-5H2,1H3,(H,17,19)/b9-8-. The Hall–Kier alpha value is -2.63. The Morgan fingerprint density at radius 3 is 2.91 bits per heavy atom. The third-order valence-corrected chi connectivity index (χ3v) is 2.80. The minimum absolute atomic E-state index is 0.0545. The maximum atomic E-state index is 11.9. The molecular formula is C13H13ClN4O4. The summed E-state index contributed by atoms with van der Waals surface area (Å²) in [7, 11) is 1.52. The van der Waals surface area contributed by atoms with Crippen molar-refractivity contribution in [2.45, 2.75) is 0 Å². The van der Waals surface area contributed by atoms with Crippen LogP contribution >= 0.6 is 11.6 Å². The summed E-state index contributed by atoms with van der Waals surface area (Å²) in [6.45, 7) is 0.833. The van der Waals surface area contributed by atoms with Crippen LogP contribution in [0.25, 0.3) is 0 Å². The van der Waals surface area contributed by atoms with Crippen LogP contribution in [0, 0.1) is 21.4 Å². The maximum Gasteiger partial charge on any atom is 0.271 e. The second-order valence-corrected chi connectivity index (χ2v) is 4.40. The lowest BCUT2D eigenvalue weighted by molar-refractivity contribution is -0.384. The van der Waals surface area contributed by atoms with Crippen molar-refractivity contribution in [3.8, 4) is 6.07 Å². The predicted molar refractivity (Wildman–Crippen MR) is 80.3 cm³/mol. The number of rotatable bonds is 7. The fraction of sp³-hybridized carbons (Fsp3) is 0.231. The average molecular weight is 325 g/mol. The SMILES string of the molecule is COCCN/C=C(/C#N)C(=O)Nc1cc([N+](=O)[O-])ccc1Cl. The molecule has 0 aliphatic carbocycles. The summed E-state index contributed by atoms with van der Waals surface area (Å²) in [4.78, 5) is 22.0. The van der Waals surface area contributed by atoms with Gasteiger partial charge in [-0.2, -0.15) is 5.26 Å². The molecule has 0 atom stereocenters. The number of methoxy groups -OCH3 is 1. The van der Waals surface area contributed by atoms with Crippen molar-refractivity contribution in [1.29, 1.82) is 5.26 Å². The van der Waals surface area contributed by atoms with E-state index in [1.165, 1.54) is 25.4 Å². The van der Waals surface area contributed by atoms with Gasteiger partial charge < -0.3 is 15.4 Å². The van der Waals surface area contributed by atoms with Gasteiger partial charge in [0.15, 0.2) is 0 Å². The summed E-state index contributed by atoms with van der Waals surface area (Å²) in [6, 6.07) is 5.35. The Morgan fingerprint density at radius 1 is 1.59 bits per heavy atom. The van der Waals surface area contributed by atoms with Gasteiger partial charge in [0, 0.05) is 32.0 Å². The highest BCUT2D eigenvalue weighted by Crippen LogP contribution is 2.26. The van der Waals surface area contributed by atoms with Crippen LogP contribution in [0.2, 0.25) is 5.02 Å². The minimum Gasteiger partial charge on any atom is -0.387 e. The lowest BCUT2D eigenvalue weighted by Crippen LogP contribution is -2.19. The highest BCUT2D eigenvalue weighted by atomic mass is 35.5. The fourth-order valence-corrected chi connectivity index (χ4v) is 1.56. The number of halogens is 1. The molecule has 0 heterocycles. The lowest BCUT2D eigenvalue weighted by atomic mass is 10.2. The molecule has 8 nitrogen and oxygen atoms in total. The monoisotopic (exact) mass is 324 g/mol. The number of nitro benzene ring substituents is 1. The van der Waals surface area contributed by atoms with Crippen LogP contribution in [0.4, 0.5) is 11.4 Å². The molecule has 0 unspecified atom stereocenters. The normalized spacial score (nSPS) is 10.7. The molecule has 9 heteroatoms. The van der Waals surface area contributed by atoms with Crippen LogP contribution in [0.15, 0.2) is 30.0 Å². The summed E-state index contributed by atoms with van der Waals surface area (Å²) in [5.74, 6) is -0.727. The number of nitrogens with zero attached hydrogens (tertiary/aromatic N) is 2. The highest BCUT2D eigenvalue weighted by molar-refractivity contribution is 6.34. The molecule has 22 heavy (non-hydrogen) atoms. The quantitative estimate of drug-likeness (QED) is 0.260. The molecule has 0 aliphatic rings. The van der Waals surface area contributed by atoms with Crippen LogP contribution in [0.1, 0.15) is 0 Å². The Bertz CT molecular complexity index is 639. The van der Waals surface area contributed by atoms with Gasteiger partial charge in [-0.3, -0.25) is 14.9 Å². The topological polar surface area (TPSA) is 117 Å². The van der Waals surface area contributed by atoms with Crippen LogP contribution in [-0.2, 0) is 9.53 Å². The zero-order valence-corrected chi connectivity index (χ0v) is 12.4. The molecule has 0 radical (unpaired) electrons. The Labute approximate surface area is 131 Å². The summed E-state index contributed by atoms with van der Waals surface area (Å²) in [5.41, 5.74) is -0.363. The lowest BCUT2D eigenvalue weighted by Gasteiger charge is -2.07. The summed E-state index contributed by atoms with van der Waals surface area (Å²) < 4.78 is 4.81. The van der Waals surface area contributed by atoms with Crippen molar-refractivity contribution in [2.75, 3.05) is 25.6 Å². The molecule has 1 aromatic rings. The van der Waals surface area contributed by atoms with Crippen molar-refractivity contribution < 1.29 is 14.5 Å². The second-order valence-electron chi connectivity index (χ2n) is 3.99. The Morgan fingerprint density at radius 2 is 2.32 bits per heavy atom. The number of amides is 1. The number of ether oxygens (including phenoxy) is 1. The number of hydrogen-bond donors (Lipinski definition) is 2. The van der Waals surface area contributed by atoms with E-state index < -0.39 is 10.8 Å². The molecule has 0 spiro atoms. The van der Waals surface area contributed by atoms with E-state index in [4.69, 9.17) is 21.6 Å². The van der Waals surface area contributed by atoms with Gasteiger partial charge in [-0.1, -0.05) is 11.6 Å². The van der Waals surface area contributed by atoms with E-state index in [1.54, 1.807) is 6.07 Å². The number of carbonyl (C=O) groups excluding carboxylic acids is 1. The largest absolute Gasteiger partial charge is 0.387 e. The highest BCUT2D eigenvalue weighted by Gasteiger charge is 2.14. The molecule has 1 aromatic carbocycles. The summed E-state index contributed by atoms with van der Waals surface area (Å²) in [5, 5.41) is 24.9. The number of nitro groups is 1. The van der Waals surface area contributed by atoms with Crippen LogP contribution in [-0.4, -0.2) is 31.1 Å². The molecule has 1 amide bonds. The van der Waals surface area contributed by atoms with E-state index >= 15 is 0 Å². The Balaban J connectivity index is 2.84. The van der Waals surface area contributed by atoms with E-state index in [1.807, 2.05) is 0 Å². The number of anilines is 1. The second kappa shape index (κ2) is 8.61. The molecule has 116 valence electrons. The maximum absolute atomic E-state index is 11.9. The Kier molecular flexibility index (Phi) is 6.82. The van der Waals surface area contributed by atoms with E-state index in [9.17, 15) is 14.9 Å². The minimum atomic E-state index is -0.727. The van der Waals surface area contributed by atoms with E-state index in [2.05, 4.69) is 10.6 Å². The van der Waals surface area contributed by atoms with E-state index in [-0.39, 0.29) is 22.0 Å². The molecule has 0 fully saturated rings. The number of nitriles is 1. The van der Waals surface area contributed by atoms with E-state index in [0.29, 0.717) is 13.2 Å². The van der Waals surface area contributed by atoms with Gasteiger partial charge >= 0.3 is 0 Å². The number of benzene rings is 1. The first kappa shape index (κ1) is 17.4. The predicted octanol–water partition coefficient (Wildman–Crippen LogP) is 1.83. The number of nitrogens with one attached hydrogen (secondary N) is 2. The van der Waals surface area contributed by atoms with Crippen LogP contribution in [0.5, 0.6) is 0 Å². The summed E-state index contributed by atoms with van der Waals surface area (Å²) >= 11 is 5.87. The summed E-state index contributed by atoms with van der Waals surface area (Å²) in [6.07, 6.45) is 1.24. The van der Waals surface area contributed by atoms with Crippen molar-refractivity contribution in [3.05, 3.63) is 45.1 Å². The van der Waals surface area contributed by atoms with Crippen LogP contribution in [0.3, 0.4) is 0 Å². The van der Waals surface area contributed by atoms with E-state index in [0.717, 1.165) is 6.07 Å². The molecule has 0 saturated heterocycles. The van der Waals surface area contributed by atoms with Gasteiger partial charge in [-0.25, -0.2) is 0 Å². The zero-order chi connectivity index (χ0) is 16.5. The first-order chi connectivity index (χ1) is 10.5. The fourth-order valence-electron chi connectivity index (χ4n) is 1.40. The number of hydrogen-bond acceptors (Lipinski definition) is 6. The van der Waals surface area contributed by atoms with Gasteiger partial charge in [-0.05, 0) is 6.07 Å². The van der Waals surface area contributed by atoms with Crippen molar-refractivity contribution in [1.82, 2.24) is 5.32 Å². The smallest absolute Gasteiger partial charge is 0.271 e. The van der Waals surface area contributed by atoms with Gasteiger partial charge in [0.2, 0.25) is 0 Å². The first-order valence-corrected chi connectivity index (χ1v) is 6.45. The van der Waals surface area contributed by atoms with Gasteiger partial charge in [0.25, 0.3) is 11.6 Å². The molecule has 1 rings (SSSR count).